The van der Waals surface area contributed by atoms with Crippen LogP contribution in [0, 0.1) is 13.8 Å². The quantitative estimate of drug-likeness (QED) is 0.869. The van der Waals surface area contributed by atoms with Crippen molar-refractivity contribution in [1.82, 2.24) is 4.31 Å². The van der Waals surface area contributed by atoms with Gasteiger partial charge in [-0.1, -0.05) is 0 Å². The van der Waals surface area contributed by atoms with Crippen molar-refractivity contribution in [1.29, 1.82) is 0 Å². The van der Waals surface area contributed by atoms with Crippen LogP contribution in [0.2, 0.25) is 0 Å². The highest BCUT2D eigenvalue weighted by Gasteiger charge is 2.36. The number of hydrogen-bond donors (Lipinski definition) is 2. The fourth-order valence-corrected chi connectivity index (χ4v) is 4.66. The van der Waals surface area contributed by atoms with Gasteiger partial charge in [0.25, 0.3) is 0 Å². The zero-order valence-corrected chi connectivity index (χ0v) is 12.9. The van der Waals surface area contributed by atoms with E-state index in [1.165, 1.54) is 16.4 Å². The third kappa shape index (κ3) is 2.81. The number of benzene rings is 1. The van der Waals surface area contributed by atoms with Crippen LogP contribution in [0.3, 0.4) is 0 Å². The molecular formula is C14H19NO5S. The second-order valence-corrected chi connectivity index (χ2v) is 7.17. The van der Waals surface area contributed by atoms with Gasteiger partial charge in [0.1, 0.15) is 0 Å². The Balaban J connectivity index is 2.56. The monoisotopic (exact) mass is 313 g/mol. The molecule has 6 nitrogen and oxygen atoms in total. The molecule has 1 aromatic rings. The zero-order valence-electron chi connectivity index (χ0n) is 12.0. The van der Waals surface area contributed by atoms with Crippen molar-refractivity contribution in [3.8, 4) is 0 Å². The lowest BCUT2D eigenvalue weighted by Gasteiger charge is -2.24. The third-order valence-corrected chi connectivity index (χ3v) is 6.07. The number of hydrogen-bond acceptors (Lipinski definition) is 4. The summed E-state index contributed by atoms with van der Waals surface area (Å²) in [5, 5.41) is 18.4. The van der Waals surface area contributed by atoms with Crippen molar-refractivity contribution in [2.45, 2.75) is 37.6 Å². The molecule has 0 aliphatic carbocycles. The van der Waals surface area contributed by atoms with Gasteiger partial charge in [-0.25, -0.2) is 13.2 Å². The molecule has 1 aromatic carbocycles. The molecule has 0 amide bonds. The Labute approximate surface area is 124 Å². The normalized spacial score (nSPS) is 19.9. The minimum atomic E-state index is -3.80. The van der Waals surface area contributed by atoms with E-state index in [9.17, 15) is 18.3 Å². The molecule has 2 rings (SSSR count). The van der Waals surface area contributed by atoms with E-state index < -0.39 is 22.0 Å². The molecule has 0 unspecified atom stereocenters. The van der Waals surface area contributed by atoms with E-state index in [1.807, 2.05) is 0 Å². The molecule has 0 saturated carbocycles. The highest BCUT2D eigenvalue weighted by molar-refractivity contribution is 7.89. The largest absolute Gasteiger partial charge is 0.478 e. The van der Waals surface area contributed by atoms with Crippen LogP contribution in [0.1, 0.15) is 34.3 Å². The molecule has 1 fully saturated rings. The Morgan fingerprint density at radius 1 is 1.38 bits per heavy atom. The van der Waals surface area contributed by atoms with E-state index in [2.05, 4.69) is 0 Å². The molecule has 1 heterocycles. The lowest BCUT2D eigenvalue weighted by Crippen LogP contribution is -2.38. The van der Waals surface area contributed by atoms with Gasteiger partial charge in [0.2, 0.25) is 10.0 Å². The number of carboxylic acids is 1. The lowest BCUT2D eigenvalue weighted by atomic mass is 10.1. The van der Waals surface area contributed by atoms with E-state index in [0.717, 1.165) is 0 Å². The van der Waals surface area contributed by atoms with Crippen molar-refractivity contribution in [2.75, 3.05) is 13.2 Å². The van der Waals surface area contributed by atoms with Gasteiger partial charge in [-0.05, 0) is 49.9 Å². The lowest BCUT2D eigenvalue weighted by molar-refractivity contribution is 0.0696. The average Bonchev–Trinajstić information content (AvgIpc) is 2.90. The van der Waals surface area contributed by atoms with Gasteiger partial charge in [-0.3, -0.25) is 0 Å². The molecule has 1 aliphatic rings. The first-order valence-corrected chi connectivity index (χ1v) is 8.20. The minimum Gasteiger partial charge on any atom is -0.478 e. The molecule has 0 bridgehead atoms. The predicted octanol–water partition coefficient (Wildman–Crippen LogP) is 1.15. The molecule has 116 valence electrons. The number of aromatic carboxylic acids is 1. The van der Waals surface area contributed by atoms with Gasteiger partial charge >= 0.3 is 5.97 Å². The van der Waals surface area contributed by atoms with E-state index in [1.54, 1.807) is 13.8 Å². The highest BCUT2D eigenvalue weighted by atomic mass is 32.2. The van der Waals surface area contributed by atoms with Crippen LogP contribution < -0.4 is 0 Å². The maximum atomic E-state index is 12.8. The summed E-state index contributed by atoms with van der Waals surface area (Å²) in [5.41, 5.74) is 1.12. The van der Waals surface area contributed by atoms with E-state index >= 15 is 0 Å². The standard InChI is InChI=1S/C14H19NO5S/c1-9-6-11(14(17)18)7-13(10(9)2)21(19,20)15-5-3-4-12(15)8-16/h6-7,12,16H,3-5,8H2,1-2H3,(H,17,18)/t12-/m1/s1. The van der Waals surface area contributed by atoms with Crippen molar-refractivity contribution in [3.05, 3.63) is 28.8 Å². The van der Waals surface area contributed by atoms with Gasteiger partial charge in [-0.2, -0.15) is 4.31 Å². The van der Waals surface area contributed by atoms with Gasteiger partial charge < -0.3 is 10.2 Å². The molecule has 1 aliphatic heterocycles. The first-order chi connectivity index (χ1) is 9.78. The fourth-order valence-electron chi connectivity index (χ4n) is 2.65. The van der Waals surface area contributed by atoms with Gasteiger partial charge in [0, 0.05) is 12.6 Å². The van der Waals surface area contributed by atoms with Gasteiger partial charge in [0.05, 0.1) is 17.1 Å². The smallest absolute Gasteiger partial charge is 0.335 e. The Kier molecular flexibility index (Phi) is 4.36. The van der Waals surface area contributed by atoms with Gasteiger partial charge in [0.15, 0.2) is 0 Å². The summed E-state index contributed by atoms with van der Waals surface area (Å²) >= 11 is 0. The number of sulfonamides is 1. The Hall–Kier alpha value is -1.44. The number of carbonyl (C=O) groups is 1. The Morgan fingerprint density at radius 3 is 2.62 bits per heavy atom. The second-order valence-electron chi connectivity index (χ2n) is 5.32. The van der Waals surface area contributed by atoms with Crippen LogP contribution >= 0.6 is 0 Å². The van der Waals surface area contributed by atoms with Crippen LogP contribution in [0.5, 0.6) is 0 Å². The number of aliphatic hydroxyl groups is 1. The van der Waals surface area contributed by atoms with E-state index in [-0.39, 0.29) is 17.1 Å². The summed E-state index contributed by atoms with van der Waals surface area (Å²) in [5.74, 6) is -1.16. The molecule has 1 atom stereocenters. The second kappa shape index (κ2) is 5.75. The topological polar surface area (TPSA) is 94.9 Å². The molecule has 2 N–H and O–H groups in total. The summed E-state index contributed by atoms with van der Waals surface area (Å²) in [6.45, 7) is 3.48. The zero-order chi connectivity index (χ0) is 15.8. The predicted molar refractivity (Wildman–Crippen MR) is 76.9 cm³/mol. The first-order valence-electron chi connectivity index (χ1n) is 6.76. The summed E-state index contributed by atoms with van der Waals surface area (Å²) in [6.07, 6.45) is 1.31. The van der Waals surface area contributed by atoms with Crippen LogP contribution in [-0.4, -0.2) is 48.1 Å². The summed E-state index contributed by atoms with van der Waals surface area (Å²) < 4.78 is 26.8. The van der Waals surface area contributed by atoms with E-state index in [0.29, 0.717) is 30.5 Å². The maximum Gasteiger partial charge on any atom is 0.335 e. The highest BCUT2D eigenvalue weighted by Crippen LogP contribution is 2.29. The molecule has 21 heavy (non-hydrogen) atoms. The first kappa shape index (κ1) is 15.9. The van der Waals surface area contributed by atoms with Crippen LogP contribution in [0.25, 0.3) is 0 Å². The number of aliphatic hydroxyl groups excluding tert-OH is 1. The van der Waals surface area contributed by atoms with Crippen molar-refractivity contribution in [3.63, 3.8) is 0 Å². The molecule has 0 radical (unpaired) electrons. The van der Waals surface area contributed by atoms with Crippen molar-refractivity contribution < 1.29 is 23.4 Å². The molecule has 1 saturated heterocycles. The maximum absolute atomic E-state index is 12.8. The van der Waals surface area contributed by atoms with Gasteiger partial charge in [-0.15, -0.1) is 0 Å². The fraction of sp³-hybridized carbons (Fsp3) is 0.500. The minimum absolute atomic E-state index is 0.0141. The number of carboxylic acid groups (broad SMARTS) is 1. The van der Waals surface area contributed by atoms with Crippen LogP contribution in [0.4, 0.5) is 0 Å². The SMILES string of the molecule is Cc1cc(C(=O)O)cc(S(=O)(=O)N2CCC[C@@H]2CO)c1C. The summed E-state index contributed by atoms with van der Waals surface area (Å²) in [4.78, 5) is 11.2. The summed E-state index contributed by atoms with van der Waals surface area (Å²) in [6, 6.07) is 2.24. The molecule has 0 spiro atoms. The Morgan fingerprint density at radius 2 is 2.05 bits per heavy atom. The van der Waals surface area contributed by atoms with Crippen LogP contribution in [0.15, 0.2) is 17.0 Å². The third-order valence-electron chi connectivity index (χ3n) is 3.99. The van der Waals surface area contributed by atoms with E-state index in [4.69, 9.17) is 5.11 Å². The molecule has 0 aromatic heterocycles. The molecular weight excluding hydrogens is 294 g/mol. The average molecular weight is 313 g/mol. The summed E-state index contributed by atoms with van der Waals surface area (Å²) in [7, 11) is -3.80. The number of rotatable bonds is 4. The number of nitrogens with zero attached hydrogens (tertiary/aromatic N) is 1. The van der Waals surface area contributed by atoms with Crippen LogP contribution in [-0.2, 0) is 10.0 Å². The van der Waals surface area contributed by atoms with Crippen molar-refractivity contribution in [2.24, 2.45) is 0 Å². The van der Waals surface area contributed by atoms with Crippen molar-refractivity contribution >= 4 is 16.0 Å². The number of aryl methyl sites for hydroxylation is 1. The Bertz CT molecular complexity index is 668. The molecule has 7 heteroatoms.